The molecule has 0 atom stereocenters. The number of aryl methyl sites for hydroxylation is 1. The largest absolute Gasteiger partial charge is 0.324 e. The van der Waals surface area contributed by atoms with E-state index < -0.39 is 11.7 Å². The summed E-state index contributed by atoms with van der Waals surface area (Å²) in [7, 11) is 0. The van der Waals surface area contributed by atoms with Gasteiger partial charge in [-0.2, -0.15) is 0 Å². The quantitative estimate of drug-likeness (QED) is 0.807. The maximum absolute atomic E-state index is 13.2. The molecule has 0 fully saturated rings. The van der Waals surface area contributed by atoms with Crippen LogP contribution in [0.2, 0.25) is 0 Å². The van der Waals surface area contributed by atoms with Gasteiger partial charge in [0.15, 0.2) is 0 Å². The van der Waals surface area contributed by atoms with Gasteiger partial charge in [-0.1, -0.05) is 6.07 Å². The number of carbonyl (C=O) groups excluding carboxylic acids is 1. The van der Waals surface area contributed by atoms with Gasteiger partial charge in [-0.15, -0.1) is 11.3 Å². The zero-order valence-electron chi connectivity index (χ0n) is 11.7. The van der Waals surface area contributed by atoms with Crippen LogP contribution in [-0.4, -0.2) is 15.5 Å². The van der Waals surface area contributed by atoms with E-state index in [1.807, 2.05) is 0 Å². The molecule has 0 aliphatic heterocycles. The molecule has 1 aromatic carbocycles. The Hall–Kier alpha value is -2.54. The molecule has 0 radical (unpaired) electrons. The summed E-state index contributed by atoms with van der Waals surface area (Å²) < 4.78 is 15.0. The lowest BCUT2D eigenvalue weighted by Gasteiger charge is -2.09. The molecule has 1 N–H and O–H groups in total. The molecule has 0 unspecified atom stereocenters. The first-order valence-electron chi connectivity index (χ1n) is 6.53. The second-order valence-corrected chi connectivity index (χ2v) is 5.74. The molecule has 0 spiro atoms. The maximum Gasteiger partial charge on any atom is 0.271 e. The van der Waals surface area contributed by atoms with Crippen molar-refractivity contribution < 1.29 is 9.18 Å². The van der Waals surface area contributed by atoms with Crippen LogP contribution >= 0.6 is 11.3 Å². The van der Waals surface area contributed by atoms with Gasteiger partial charge in [-0.3, -0.25) is 14.2 Å². The number of amides is 1. The Balaban J connectivity index is 1.82. The van der Waals surface area contributed by atoms with Crippen LogP contribution in [0.5, 0.6) is 0 Å². The monoisotopic (exact) mass is 317 g/mol. The number of nitrogens with one attached hydrogen (secondary N) is 1. The van der Waals surface area contributed by atoms with Gasteiger partial charge in [0.25, 0.3) is 5.56 Å². The van der Waals surface area contributed by atoms with Crippen LogP contribution in [0, 0.1) is 12.7 Å². The Morgan fingerprint density at radius 3 is 3.05 bits per heavy atom. The van der Waals surface area contributed by atoms with Crippen molar-refractivity contribution in [1.29, 1.82) is 0 Å². The third-order valence-electron chi connectivity index (χ3n) is 3.22. The Bertz CT molecular complexity index is 917. The Morgan fingerprint density at radius 1 is 1.41 bits per heavy atom. The molecular formula is C15H12FN3O2S. The van der Waals surface area contributed by atoms with E-state index in [-0.39, 0.29) is 12.1 Å². The predicted octanol–water partition coefficient (Wildman–Crippen LogP) is 2.54. The minimum atomic E-state index is -0.431. The summed E-state index contributed by atoms with van der Waals surface area (Å²) in [5.41, 5.74) is 1.50. The van der Waals surface area contributed by atoms with Gasteiger partial charge in [0, 0.05) is 5.69 Å². The van der Waals surface area contributed by atoms with Crippen molar-refractivity contribution in [2.45, 2.75) is 13.5 Å². The van der Waals surface area contributed by atoms with Crippen molar-refractivity contribution in [3.63, 3.8) is 0 Å². The van der Waals surface area contributed by atoms with Crippen LogP contribution in [0.1, 0.15) is 5.56 Å². The summed E-state index contributed by atoms with van der Waals surface area (Å²) in [6, 6.07) is 5.90. The second-order valence-electron chi connectivity index (χ2n) is 4.82. The van der Waals surface area contributed by atoms with E-state index in [2.05, 4.69) is 10.3 Å². The van der Waals surface area contributed by atoms with Crippen LogP contribution < -0.4 is 10.9 Å². The van der Waals surface area contributed by atoms with E-state index >= 15 is 0 Å². The molecule has 0 saturated carbocycles. The van der Waals surface area contributed by atoms with Gasteiger partial charge in [0.2, 0.25) is 5.91 Å². The molecule has 0 aliphatic carbocycles. The maximum atomic E-state index is 13.2. The molecular weight excluding hydrogens is 305 g/mol. The van der Waals surface area contributed by atoms with Crippen LogP contribution in [-0.2, 0) is 11.3 Å². The number of anilines is 1. The SMILES string of the molecule is Cc1ccc(F)cc1NC(=O)Cn1cnc2ccsc2c1=O. The van der Waals surface area contributed by atoms with E-state index in [0.717, 1.165) is 5.56 Å². The van der Waals surface area contributed by atoms with Gasteiger partial charge in [0.1, 0.15) is 17.1 Å². The van der Waals surface area contributed by atoms with Crippen molar-refractivity contribution in [3.05, 3.63) is 57.7 Å². The molecule has 0 saturated heterocycles. The molecule has 2 heterocycles. The highest BCUT2D eigenvalue weighted by Gasteiger charge is 2.10. The molecule has 3 rings (SSSR count). The molecule has 22 heavy (non-hydrogen) atoms. The van der Waals surface area contributed by atoms with Crippen molar-refractivity contribution in [1.82, 2.24) is 9.55 Å². The number of hydrogen-bond acceptors (Lipinski definition) is 4. The van der Waals surface area contributed by atoms with Crippen molar-refractivity contribution in [3.8, 4) is 0 Å². The van der Waals surface area contributed by atoms with Crippen molar-refractivity contribution in [2.24, 2.45) is 0 Å². The Labute approximate surface area is 129 Å². The normalized spacial score (nSPS) is 10.8. The number of halogens is 1. The van der Waals surface area contributed by atoms with Gasteiger partial charge in [0.05, 0.1) is 11.8 Å². The Kier molecular flexibility index (Phi) is 3.72. The third-order valence-corrected chi connectivity index (χ3v) is 4.12. The fraction of sp³-hybridized carbons (Fsp3) is 0.133. The fourth-order valence-electron chi connectivity index (χ4n) is 2.06. The highest BCUT2D eigenvalue weighted by Crippen LogP contribution is 2.16. The summed E-state index contributed by atoms with van der Waals surface area (Å²) in [6.07, 6.45) is 1.34. The summed E-state index contributed by atoms with van der Waals surface area (Å²) in [5.74, 6) is -0.840. The van der Waals surface area contributed by atoms with Gasteiger partial charge < -0.3 is 5.32 Å². The average molecular weight is 317 g/mol. The molecule has 0 aliphatic rings. The smallest absolute Gasteiger partial charge is 0.271 e. The van der Waals surface area contributed by atoms with Crippen LogP contribution in [0.4, 0.5) is 10.1 Å². The lowest BCUT2D eigenvalue weighted by molar-refractivity contribution is -0.116. The van der Waals surface area contributed by atoms with E-state index in [0.29, 0.717) is 15.9 Å². The third kappa shape index (κ3) is 2.75. The first-order valence-corrected chi connectivity index (χ1v) is 7.41. The van der Waals surface area contributed by atoms with Gasteiger partial charge in [-0.05, 0) is 36.1 Å². The Morgan fingerprint density at radius 2 is 2.23 bits per heavy atom. The van der Waals surface area contributed by atoms with Crippen LogP contribution in [0.25, 0.3) is 10.2 Å². The number of thiophene rings is 1. The van der Waals surface area contributed by atoms with E-state index in [1.165, 1.54) is 34.4 Å². The number of carbonyl (C=O) groups is 1. The molecule has 5 nitrogen and oxygen atoms in total. The van der Waals surface area contributed by atoms with E-state index in [4.69, 9.17) is 0 Å². The lowest BCUT2D eigenvalue weighted by Crippen LogP contribution is -2.27. The van der Waals surface area contributed by atoms with E-state index in [9.17, 15) is 14.0 Å². The lowest BCUT2D eigenvalue weighted by atomic mass is 10.2. The molecule has 2 aromatic heterocycles. The molecule has 0 bridgehead atoms. The van der Waals surface area contributed by atoms with Gasteiger partial charge in [-0.25, -0.2) is 9.37 Å². The number of rotatable bonds is 3. The summed E-state index contributed by atoms with van der Waals surface area (Å²) in [5, 5.41) is 4.38. The minimum Gasteiger partial charge on any atom is -0.324 e. The summed E-state index contributed by atoms with van der Waals surface area (Å²) in [6.45, 7) is 1.59. The first kappa shape index (κ1) is 14.4. The number of benzene rings is 1. The van der Waals surface area contributed by atoms with Gasteiger partial charge >= 0.3 is 0 Å². The molecule has 112 valence electrons. The first-order chi connectivity index (χ1) is 10.5. The van der Waals surface area contributed by atoms with Crippen LogP contribution in [0.3, 0.4) is 0 Å². The highest BCUT2D eigenvalue weighted by atomic mass is 32.1. The van der Waals surface area contributed by atoms with Crippen molar-refractivity contribution >= 4 is 33.1 Å². The zero-order chi connectivity index (χ0) is 15.7. The highest BCUT2D eigenvalue weighted by molar-refractivity contribution is 7.17. The molecule has 3 aromatic rings. The minimum absolute atomic E-state index is 0.171. The second kappa shape index (κ2) is 5.69. The fourth-order valence-corrected chi connectivity index (χ4v) is 2.86. The number of hydrogen-bond donors (Lipinski definition) is 1. The summed E-state index contributed by atoms with van der Waals surface area (Å²) in [4.78, 5) is 28.4. The standard InChI is InChI=1S/C15H12FN3O2S/c1-9-2-3-10(16)6-12(9)18-13(20)7-19-8-17-11-4-5-22-14(11)15(19)21/h2-6,8H,7H2,1H3,(H,18,20). The zero-order valence-corrected chi connectivity index (χ0v) is 12.5. The average Bonchev–Trinajstić information content (AvgIpc) is 2.95. The van der Waals surface area contributed by atoms with Crippen molar-refractivity contribution in [2.75, 3.05) is 5.32 Å². The van der Waals surface area contributed by atoms with Crippen LogP contribution in [0.15, 0.2) is 40.8 Å². The molecule has 1 amide bonds. The number of fused-ring (bicyclic) bond motifs is 1. The topological polar surface area (TPSA) is 64.0 Å². The predicted molar refractivity (Wildman–Crippen MR) is 83.6 cm³/mol. The number of nitrogens with zero attached hydrogens (tertiary/aromatic N) is 2. The summed E-state index contributed by atoms with van der Waals surface area (Å²) >= 11 is 1.29. The molecule has 7 heteroatoms. The van der Waals surface area contributed by atoms with E-state index in [1.54, 1.807) is 24.4 Å². The number of aromatic nitrogens is 2.